The highest BCUT2D eigenvalue weighted by Crippen LogP contribution is 2.43. The van der Waals surface area contributed by atoms with Crippen LogP contribution in [-0.2, 0) is 15.8 Å². The van der Waals surface area contributed by atoms with Gasteiger partial charge in [0.15, 0.2) is 0 Å². The molecule has 1 heterocycles. The Labute approximate surface area is 197 Å². The first-order chi connectivity index (χ1) is 16.5. The largest absolute Gasteiger partial charge is 0.507 e. The van der Waals surface area contributed by atoms with Gasteiger partial charge in [-0.3, -0.25) is 14.5 Å². The number of amides is 1. The first-order valence-electron chi connectivity index (χ1n) is 10.4. The number of aliphatic hydroxyl groups is 1. The molecule has 35 heavy (non-hydrogen) atoms. The van der Waals surface area contributed by atoms with Crippen molar-refractivity contribution in [2.45, 2.75) is 19.1 Å². The van der Waals surface area contributed by atoms with Crippen LogP contribution in [0.3, 0.4) is 0 Å². The van der Waals surface area contributed by atoms with Crippen molar-refractivity contribution in [3.05, 3.63) is 100 Å². The summed E-state index contributed by atoms with van der Waals surface area (Å²) >= 11 is 0. The molecule has 1 unspecified atom stereocenters. The first kappa shape index (κ1) is 24.0. The summed E-state index contributed by atoms with van der Waals surface area (Å²) in [6.07, 6.45) is -4.68. The quantitative estimate of drug-likeness (QED) is 0.220. The van der Waals surface area contributed by atoms with E-state index in [4.69, 9.17) is 4.74 Å². The maximum atomic E-state index is 13.6. The zero-order chi connectivity index (χ0) is 25.5. The molecule has 0 spiro atoms. The van der Waals surface area contributed by atoms with E-state index in [9.17, 15) is 32.3 Å². The standard InChI is InChI=1S/C26H19F4NO4/c1-14-12-16(8-11-20(14)35-2)23(32)21-22(15-6-9-18(27)10-7-15)31(25(34)24(21)33)19-5-3-4-17(13-19)26(28,29)30/h3-13,22,32H,1-2H3/b23-21+. The lowest BCUT2D eigenvalue weighted by molar-refractivity contribution is -0.137. The molecule has 1 aliphatic heterocycles. The number of rotatable bonds is 4. The smallest absolute Gasteiger partial charge is 0.416 e. The number of benzene rings is 3. The highest BCUT2D eigenvalue weighted by atomic mass is 19.4. The van der Waals surface area contributed by atoms with Crippen LogP contribution >= 0.6 is 0 Å². The molecule has 5 nitrogen and oxygen atoms in total. The Bertz CT molecular complexity index is 1350. The third-order valence-corrected chi connectivity index (χ3v) is 5.75. The van der Waals surface area contributed by atoms with E-state index in [1.54, 1.807) is 19.1 Å². The second-order valence-electron chi connectivity index (χ2n) is 7.95. The van der Waals surface area contributed by atoms with E-state index in [1.165, 1.54) is 31.4 Å². The number of hydrogen-bond acceptors (Lipinski definition) is 4. The van der Waals surface area contributed by atoms with Gasteiger partial charge in [0.05, 0.1) is 24.3 Å². The van der Waals surface area contributed by atoms with E-state index in [0.29, 0.717) is 11.3 Å². The number of Topliss-reactive ketones (excluding diaryl/α,β-unsaturated/α-hetero) is 1. The van der Waals surface area contributed by atoms with E-state index in [0.717, 1.165) is 35.2 Å². The summed E-state index contributed by atoms with van der Waals surface area (Å²) in [5, 5.41) is 11.1. The van der Waals surface area contributed by atoms with Gasteiger partial charge in [-0.2, -0.15) is 13.2 Å². The Hall–Kier alpha value is -4.14. The van der Waals surface area contributed by atoms with Crippen molar-refractivity contribution in [2.24, 2.45) is 0 Å². The lowest BCUT2D eigenvalue weighted by Crippen LogP contribution is -2.29. The van der Waals surface area contributed by atoms with E-state index >= 15 is 0 Å². The van der Waals surface area contributed by atoms with Crippen LogP contribution < -0.4 is 9.64 Å². The average Bonchev–Trinajstić information content (AvgIpc) is 3.09. The summed E-state index contributed by atoms with van der Waals surface area (Å²) < 4.78 is 58.9. The van der Waals surface area contributed by atoms with Crippen molar-refractivity contribution in [1.82, 2.24) is 0 Å². The van der Waals surface area contributed by atoms with Gasteiger partial charge in [-0.25, -0.2) is 4.39 Å². The molecule has 0 saturated carbocycles. The molecule has 1 aliphatic rings. The number of hydrogen-bond donors (Lipinski definition) is 1. The minimum absolute atomic E-state index is 0.193. The molecule has 1 atom stereocenters. The summed E-state index contributed by atoms with van der Waals surface area (Å²) in [6.45, 7) is 1.72. The monoisotopic (exact) mass is 485 g/mol. The van der Waals surface area contributed by atoms with Gasteiger partial charge in [0.1, 0.15) is 17.3 Å². The molecule has 1 amide bonds. The average molecular weight is 485 g/mol. The van der Waals surface area contributed by atoms with Gasteiger partial charge in [0, 0.05) is 11.3 Å². The fourth-order valence-electron chi connectivity index (χ4n) is 4.07. The fourth-order valence-corrected chi connectivity index (χ4v) is 4.07. The predicted octanol–water partition coefficient (Wildman–Crippen LogP) is 5.79. The number of alkyl halides is 3. The van der Waals surface area contributed by atoms with E-state index in [1.807, 2.05) is 0 Å². The molecule has 3 aromatic carbocycles. The van der Waals surface area contributed by atoms with Crippen molar-refractivity contribution < 1.29 is 37.0 Å². The molecule has 4 rings (SSSR count). The molecule has 9 heteroatoms. The van der Waals surface area contributed by atoms with Crippen LogP contribution in [0.15, 0.2) is 72.3 Å². The van der Waals surface area contributed by atoms with Crippen molar-refractivity contribution in [2.75, 3.05) is 12.0 Å². The molecule has 0 bridgehead atoms. The highest BCUT2D eigenvalue weighted by molar-refractivity contribution is 6.51. The van der Waals surface area contributed by atoms with Crippen LogP contribution in [-0.4, -0.2) is 23.9 Å². The van der Waals surface area contributed by atoms with Crippen molar-refractivity contribution in [3.8, 4) is 5.75 Å². The Morgan fingerprint density at radius 3 is 2.29 bits per heavy atom. The number of halogens is 4. The van der Waals surface area contributed by atoms with Gasteiger partial charge in [0.25, 0.3) is 11.7 Å². The lowest BCUT2D eigenvalue weighted by Gasteiger charge is -2.26. The zero-order valence-corrected chi connectivity index (χ0v) is 18.6. The van der Waals surface area contributed by atoms with Crippen LogP contribution in [0.4, 0.5) is 23.2 Å². The SMILES string of the molecule is COc1ccc(/C(O)=C2\C(=O)C(=O)N(c3cccc(C(F)(F)F)c3)C2c2ccc(F)cc2)cc1C. The lowest BCUT2D eigenvalue weighted by atomic mass is 9.94. The molecule has 0 radical (unpaired) electrons. The third kappa shape index (κ3) is 4.37. The first-order valence-corrected chi connectivity index (χ1v) is 10.4. The maximum Gasteiger partial charge on any atom is 0.416 e. The maximum absolute atomic E-state index is 13.6. The minimum atomic E-state index is -4.68. The number of ketones is 1. The molecular formula is C26H19F4NO4. The number of methoxy groups -OCH3 is 1. The van der Waals surface area contributed by atoms with E-state index in [-0.39, 0.29) is 22.4 Å². The van der Waals surface area contributed by atoms with Crippen LogP contribution in [0.5, 0.6) is 5.75 Å². The normalized spacial score (nSPS) is 17.7. The van der Waals surface area contributed by atoms with Gasteiger partial charge in [0.2, 0.25) is 0 Å². The fraction of sp³-hybridized carbons (Fsp3) is 0.154. The molecule has 180 valence electrons. The molecule has 1 N–H and O–H groups in total. The van der Waals surface area contributed by atoms with E-state index in [2.05, 4.69) is 0 Å². The van der Waals surface area contributed by atoms with E-state index < -0.39 is 41.0 Å². The van der Waals surface area contributed by atoms with Crippen LogP contribution in [0.2, 0.25) is 0 Å². The number of aryl methyl sites for hydroxylation is 1. The molecule has 0 aliphatic carbocycles. The highest BCUT2D eigenvalue weighted by Gasteiger charge is 2.47. The van der Waals surface area contributed by atoms with Crippen molar-refractivity contribution in [1.29, 1.82) is 0 Å². The number of carbonyl (C=O) groups excluding carboxylic acids is 2. The molecule has 0 aromatic heterocycles. The summed E-state index contributed by atoms with van der Waals surface area (Å²) in [5.41, 5.74) is -0.459. The second-order valence-corrected chi connectivity index (χ2v) is 7.95. The topological polar surface area (TPSA) is 66.8 Å². The van der Waals surface area contributed by atoms with Gasteiger partial charge >= 0.3 is 6.18 Å². The Morgan fingerprint density at radius 1 is 1.00 bits per heavy atom. The number of ether oxygens (including phenoxy) is 1. The summed E-state index contributed by atoms with van der Waals surface area (Å²) in [4.78, 5) is 27.1. The number of carbonyl (C=O) groups is 2. The number of nitrogens with zero attached hydrogens (tertiary/aromatic N) is 1. The Kier molecular flexibility index (Phi) is 6.10. The molecule has 1 fully saturated rings. The second kappa shape index (κ2) is 8.90. The van der Waals surface area contributed by atoms with Crippen molar-refractivity contribution in [3.63, 3.8) is 0 Å². The summed E-state index contributed by atoms with van der Waals surface area (Å²) in [7, 11) is 1.47. The van der Waals surface area contributed by atoms with Gasteiger partial charge in [-0.05, 0) is 66.6 Å². The molecule has 3 aromatic rings. The summed E-state index contributed by atoms with van der Waals surface area (Å²) in [5.74, 6) is -2.78. The van der Waals surface area contributed by atoms with Crippen molar-refractivity contribution >= 4 is 23.1 Å². The van der Waals surface area contributed by atoms with Crippen LogP contribution in [0, 0.1) is 12.7 Å². The minimum Gasteiger partial charge on any atom is -0.507 e. The number of aliphatic hydroxyl groups excluding tert-OH is 1. The van der Waals surface area contributed by atoms with Gasteiger partial charge in [-0.1, -0.05) is 18.2 Å². The van der Waals surface area contributed by atoms with Gasteiger partial charge in [-0.15, -0.1) is 0 Å². The number of anilines is 1. The third-order valence-electron chi connectivity index (χ3n) is 5.75. The van der Waals surface area contributed by atoms with Crippen LogP contribution in [0.1, 0.15) is 28.3 Å². The predicted molar refractivity (Wildman–Crippen MR) is 120 cm³/mol. The Balaban J connectivity index is 1.94. The Morgan fingerprint density at radius 2 is 1.69 bits per heavy atom. The van der Waals surface area contributed by atoms with Crippen LogP contribution in [0.25, 0.3) is 5.76 Å². The molecule has 1 saturated heterocycles. The zero-order valence-electron chi connectivity index (χ0n) is 18.6. The van der Waals surface area contributed by atoms with Gasteiger partial charge < -0.3 is 9.84 Å². The molecular weight excluding hydrogens is 466 g/mol. The summed E-state index contributed by atoms with van der Waals surface area (Å²) in [6, 6.07) is 12.1.